The normalized spacial score (nSPS) is 14.6. The summed E-state index contributed by atoms with van der Waals surface area (Å²) in [5.74, 6) is 0.752. The molecule has 1 atom stereocenters. The highest BCUT2D eigenvalue weighted by molar-refractivity contribution is 7.07. The van der Waals surface area contributed by atoms with Crippen LogP contribution in [0.3, 0.4) is 0 Å². The number of allylic oxidation sites excluding steroid dienone is 1. The molecule has 0 spiro atoms. The predicted octanol–water partition coefficient (Wildman–Crippen LogP) is 4.83. The summed E-state index contributed by atoms with van der Waals surface area (Å²) in [6, 6.07) is 22.7. The number of aromatic nitrogens is 1. The minimum Gasteiger partial charge on any atom is -0.494 e. The van der Waals surface area contributed by atoms with Crippen molar-refractivity contribution >= 4 is 40.6 Å². The van der Waals surface area contributed by atoms with Gasteiger partial charge in [0.15, 0.2) is 11.4 Å². The fourth-order valence-electron chi connectivity index (χ4n) is 4.57. The third-order valence-electron chi connectivity index (χ3n) is 6.36. The fraction of sp³-hybridized carbons (Fsp3) is 0.161. The molecule has 0 unspecified atom stereocenters. The zero-order valence-corrected chi connectivity index (χ0v) is 23.8. The van der Waals surface area contributed by atoms with Gasteiger partial charge in [-0.1, -0.05) is 53.3 Å². The van der Waals surface area contributed by atoms with Gasteiger partial charge in [0.1, 0.15) is 17.6 Å². The maximum absolute atomic E-state index is 14.0. The highest BCUT2D eigenvalue weighted by Crippen LogP contribution is 2.32. The second kappa shape index (κ2) is 12.3. The standard InChI is InChI=1S/C31H25ClN4O4S/c1-3-39-24-12-9-20(10-13-24)28-27(29(37)35-23-7-5-4-6-8-23)19(2)34-31-36(28)30(38)26(41-31)18-21-17-22(32)11-14-25(21)40-16-15-33/h4-14,17-18,28H,3,16H2,1-2H3,(H,35,37)/b26-18-/t28-/m0/s1. The second-order valence-corrected chi connectivity index (χ2v) is 10.5. The monoisotopic (exact) mass is 584 g/mol. The molecule has 0 aliphatic carbocycles. The number of amides is 1. The zero-order chi connectivity index (χ0) is 28.9. The summed E-state index contributed by atoms with van der Waals surface area (Å²) in [6.45, 7) is 4.03. The molecule has 10 heteroatoms. The highest BCUT2D eigenvalue weighted by Gasteiger charge is 2.32. The Kier molecular flexibility index (Phi) is 8.34. The molecule has 8 nitrogen and oxygen atoms in total. The van der Waals surface area contributed by atoms with Gasteiger partial charge in [-0.25, -0.2) is 4.99 Å². The predicted molar refractivity (Wildman–Crippen MR) is 159 cm³/mol. The van der Waals surface area contributed by atoms with Crippen LogP contribution in [0.4, 0.5) is 5.69 Å². The molecule has 1 aliphatic rings. The smallest absolute Gasteiger partial charge is 0.271 e. The molecular weight excluding hydrogens is 560 g/mol. The fourth-order valence-corrected chi connectivity index (χ4v) is 5.79. The Hall–Kier alpha value is -4.65. The maximum atomic E-state index is 14.0. The van der Waals surface area contributed by atoms with Crippen LogP contribution in [-0.4, -0.2) is 23.7 Å². The van der Waals surface area contributed by atoms with Gasteiger partial charge < -0.3 is 14.8 Å². The van der Waals surface area contributed by atoms with Crippen molar-refractivity contribution in [3.63, 3.8) is 0 Å². The second-order valence-electron chi connectivity index (χ2n) is 9.03. The lowest BCUT2D eigenvalue weighted by Crippen LogP contribution is -2.40. The summed E-state index contributed by atoms with van der Waals surface area (Å²) in [5.41, 5.74) is 2.45. The van der Waals surface area contributed by atoms with E-state index in [4.69, 9.17) is 26.3 Å². The largest absolute Gasteiger partial charge is 0.494 e. The first-order valence-electron chi connectivity index (χ1n) is 12.8. The van der Waals surface area contributed by atoms with Gasteiger partial charge in [0.25, 0.3) is 11.5 Å². The molecule has 0 fully saturated rings. The maximum Gasteiger partial charge on any atom is 0.271 e. The Balaban J connectivity index is 1.66. The SMILES string of the molecule is CCOc1ccc([C@H]2C(C(=O)Nc3ccccc3)=C(C)N=c3s/c(=C\c4cc(Cl)ccc4OCC#N)c(=O)n32)cc1. The van der Waals surface area contributed by atoms with E-state index in [1.165, 1.54) is 11.3 Å². The summed E-state index contributed by atoms with van der Waals surface area (Å²) in [5, 5.41) is 12.4. The summed E-state index contributed by atoms with van der Waals surface area (Å²) in [7, 11) is 0. The number of carbonyl (C=O) groups is 1. The number of para-hydroxylation sites is 1. The molecule has 41 heavy (non-hydrogen) atoms. The first kappa shape index (κ1) is 27.9. The van der Waals surface area contributed by atoms with E-state index in [9.17, 15) is 9.59 Å². The number of benzene rings is 3. The first-order chi connectivity index (χ1) is 19.9. The van der Waals surface area contributed by atoms with Crippen molar-refractivity contribution in [1.82, 2.24) is 4.57 Å². The molecule has 0 bridgehead atoms. The van der Waals surface area contributed by atoms with Gasteiger partial charge in [0, 0.05) is 16.3 Å². The van der Waals surface area contributed by atoms with E-state index in [2.05, 4.69) is 10.3 Å². The molecule has 206 valence electrons. The van der Waals surface area contributed by atoms with Crippen LogP contribution < -0.4 is 29.7 Å². The molecule has 1 aliphatic heterocycles. The number of anilines is 1. The number of thiazole rings is 1. The molecule has 0 radical (unpaired) electrons. The lowest BCUT2D eigenvalue weighted by Gasteiger charge is -2.25. The van der Waals surface area contributed by atoms with E-state index in [1.54, 1.807) is 47.9 Å². The minimum absolute atomic E-state index is 0.152. The molecule has 5 rings (SSSR count). The van der Waals surface area contributed by atoms with E-state index in [-0.39, 0.29) is 18.1 Å². The molecule has 0 saturated heterocycles. The van der Waals surface area contributed by atoms with Crippen LogP contribution in [0, 0.1) is 11.3 Å². The molecule has 1 amide bonds. The van der Waals surface area contributed by atoms with Crippen molar-refractivity contribution in [3.05, 3.63) is 120 Å². The van der Waals surface area contributed by atoms with Gasteiger partial charge in [-0.05, 0) is 68.0 Å². The average Bonchev–Trinajstić information content (AvgIpc) is 3.27. The summed E-state index contributed by atoms with van der Waals surface area (Å²) >= 11 is 7.44. The average molecular weight is 585 g/mol. The van der Waals surface area contributed by atoms with E-state index < -0.39 is 6.04 Å². The number of halogens is 1. The van der Waals surface area contributed by atoms with Crippen LogP contribution in [0.5, 0.6) is 11.5 Å². The summed E-state index contributed by atoms with van der Waals surface area (Å²) in [4.78, 5) is 32.8. The lowest BCUT2D eigenvalue weighted by molar-refractivity contribution is -0.113. The molecule has 0 saturated carbocycles. The van der Waals surface area contributed by atoms with Crippen LogP contribution in [0.15, 0.2) is 93.9 Å². The van der Waals surface area contributed by atoms with Crippen LogP contribution >= 0.6 is 22.9 Å². The quantitative estimate of drug-likeness (QED) is 0.319. The number of hydrogen-bond acceptors (Lipinski definition) is 7. The van der Waals surface area contributed by atoms with Crippen LogP contribution in [0.2, 0.25) is 5.02 Å². The number of nitrogens with zero attached hydrogens (tertiary/aromatic N) is 3. The number of nitrogens with one attached hydrogen (secondary N) is 1. The van der Waals surface area contributed by atoms with Gasteiger partial charge in [0.05, 0.1) is 28.5 Å². The molecule has 3 aromatic carbocycles. The van der Waals surface area contributed by atoms with Crippen LogP contribution in [-0.2, 0) is 4.79 Å². The van der Waals surface area contributed by atoms with Crippen molar-refractivity contribution in [2.24, 2.45) is 4.99 Å². The zero-order valence-electron chi connectivity index (χ0n) is 22.3. The van der Waals surface area contributed by atoms with Gasteiger partial charge in [-0.3, -0.25) is 14.2 Å². The number of hydrogen-bond donors (Lipinski definition) is 1. The van der Waals surface area contributed by atoms with E-state index in [1.807, 2.05) is 55.5 Å². The molecule has 4 aromatic rings. The Labute approximate surface area is 245 Å². The van der Waals surface area contributed by atoms with E-state index in [0.29, 0.717) is 55.0 Å². The van der Waals surface area contributed by atoms with Crippen molar-refractivity contribution in [1.29, 1.82) is 5.26 Å². The third kappa shape index (κ3) is 5.94. The Morgan fingerprint density at radius 2 is 1.90 bits per heavy atom. The van der Waals surface area contributed by atoms with Crippen molar-refractivity contribution in [2.45, 2.75) is 19.9 Å². The molecular formula is C31H25ClN4O4S. The van der Waals surface area contributed by atoms with Gasteiger partial charge >= 0.3 is 0 Å². The first-order valence-corrected chi connectivity index (χ1v) is 14.0. The highest BCUT2D eigenvalue weighted by atomic mass is 35.5. The molecule has 1 aromatic heterocycles. The number of nitriles is 1. The van der Waals surface area contributed by atoms with Gasteiger partial charge in [-0.15, -0.1) is 0 Å². The van der Waals surface area contributed by atoms with E-state index in [0.717, 1.165) is 5.56 Å². The van der Waals surface area contributed by atoms with Crippen LogP contribution in [0.1, 0.15) is 31.0 Å². The summed E-state index contributed by atoms with van der Waals surface area (Å²) < 4.78 is 13.1. The third-order valence-corrected chi connectivity index (χ3v) is 7.57. The van der Waals surface area contributed by atoms with Crippen molar-refractivity contribution < 1.29 is 14.3 Å². The van der Waals surface area contributed by atoms with Gasteiger partial charge in [0.2, 0.25) is 0 Å². The Bertz CT molecular complexity index is 1860. The van der Waals surface area contributed by atoms with Crippen LogP contribution in [0.25, 0.3) is 6.08 Å². The number of ether oxygens (including phenoxy) is 2. The molecule has 1 N–H and O–H groups in total. The Morgan fingerprint density at radius 1 is 1.15 bits per heavy atom. The number of fused-ring (bicyclic) bond motifs is 1. The Morgan fingerprint density at radius 3 is 2.61 bits per heavy atom. The summed E-state index contributed by atoms with van der Waals surface area (Å²) in [6.07, 6.45) is 1.67. The minimum atomic E-state index is -0.735. The topological polar surface area (TPSA) is 106 Å². The molecule has 2 heterocycles. The van der Waals surface area contributed by atoms with E-state index >= 15 is 0 Å². The number of rotatable bonds is 8. The van der Waals surface area contributed by atoms with Crippen molar-refractivity contribution in [3.8, 4) is 17.6 Å². The number of carbonyl (C=O) groups excluding carboxylic acids is 1. The lowest BCUT2D eigenvalue weighted by atomic mass is 9.95. The van der Waals surface area contributed by atoms with Gasteiger partial charge in [-0.2, -0.15) is 5.26 Å². The van der Waals surface area contributed by atoms with Crippen molar-refractivity contribution in [2.75, 3.05) is 18.5 Å².